The molecule has 0 unspecified atom stereocenters. The summed E-state index contributed by atoms with van der Waals surface area (Å²) in [6.07, 6.45) is 1.72. The zero-order chi connectivity index (χ0) is 12.3. The van der Waals surface area contributed by atoms with Gasteiger partial charge in [0.25, 0.3) is 5.91 Å². The summed E-state index contributed by atoms with van der Waals surface area (Å²) < 4.78 is 0. The fourth-order valence-electron chi connectivity index (χ4n) is 1.54. The zero-order valence-corrected chi connectivity index (χ0v) is 10.3. The van der Waals surface area contributed by atoms with E-state index in [0.29, 0.717) is 17.8 Å². The first-order chi connectivity index (χ1) is 8.15. The van der Waals surface area contributed by atoms with Crippen LogP contribution in [0.3, 0.4) is 0 Å². The van der Waals surface area contributed by atoms with Crippen molar-refractivity contribution in [3.05, 3.63) is 45.9 Å². The van der Waals surface area contributed by atoms with Crippen molar-refractivity contribution in [1.82, 2.24) is 10.3 Å². The van der Waals surface area contributed by atoms with Crippen molar-refractivity contribution >= 4 is 22.9 Å². The Kier molecular flexibility index (Phi) is 3.39. The normalized spacial score (nSPS) is 10.2. The summed E-state index contributed by atoms with van der Waals surface area (Å²) in [4.78, 5) is 16.0. The Morgan fingerprint density at radius 3 is 2.94 bits per heavy atom. The number of aryl methyl sites for hydroxylation is 1. The molecular formula is C12H13N3OS. The van der Waals surface area contributed by atoms with E-state index < -0.39 is 0 Å². The van der Waals surface area contributed by atoms with E-state index in [1.807, 2.05) is 24.4 Å². The maximum absolute atomic E-state index is 11.9. The summed E-state index contributed by atoms with van der Waals surface area (Å²) in [6, 6.07) is 5.31. The van der Waals surface area contributed by atoms with Gasteiger partial charge in [0.2, 0.25) is 0 Å². The minimum Gasteiger partial charge on any atom is -0.399 e. The SMILES string of the molecule is Cc1cc(N)cc(C(=O)NCc2nccs2)c1. The zero-order valence-electron chi connectivity index (χ0n) is 9.43. The molecular weight excluding hydrogens is 234 g/mol. The fourth-order valence-corrected chi connectivity index (χ4v) is 2.10. The van der Waals surface area contributed by atoms with Gasteiger partial charge >= 0.3 is 0 Å². The highest BCUT2D eigenvalue weighted by molar-refractivity contribution is 7.09. The Morgan fingerprint density at radius 2 is 2.29 bits per heavy atom. The number of nitrogens with zero attached hydrogens (tertiary/aromatic N) is 1. The molecule has 2 rings (SSSR count). The Bertz CT molecular complexity index is 502. The molecule has 0 aliphatic carbocycles. The van der Waals surface area contributed by atoms with Gasteiger partial charge in [-0.25, -0.2) is 4.98 Å². The van der Waals surface area contributed by atoms with Crippen LogP contribution >= 0.6 is 11.3 Å². The van der Waals surface area contributed by atoms with Gasteiger partial charge in [-0.15, -0.1) is 11.3 Å². The monoisotopic (exact) mass is 247 g/mol. The summed E-state index contributed by atoms with van der Waals surface area (Å²) in [5.74, 6) is -0.129. The van der Waals surface area contributed by atoms with E-state index >= 15 is 0 Å². The van der Waals surface area contributed by atoms with Crippen molar-refractivity contribution in [1.29, 1.82) is 0 Å². The molecule has 0 saturated heterocycles. The molecule has 0 saturated carbocycles. The van der Waals surface area contributed by atoms with Crippen molar-refractivity contribution in [2.75, 3.05) is 5.73 Å². The van der Waals surface area contributed by atoms with E-state index in [1.165, 1.54) is 11.3 Å². The standard InChI is InChI=1S/C12H13N3OS/c1-8-4-9(6-10(13)5-8)12(16)15-7-11-14-2-3-17-11/h2-6H,7,13H2,1H3,(H,15,16). The van der Waals surface area contributed by atoms with E-state index in [2.05, 4.69) is 10.3 Å². The molecule has 17 heavy (non-hydrogen) atoms. The number of carbonyl (C=O) groups is 1. The fraction of sp³-hybridized carbons (Fsp3) is 0.167. The van der Waals surface area contributed by atoms with Crippen molar-refractivity contribution in [2.24, 2.45) is 0 Å². The third kappa shape index (κ3) is 3.04. The van der Waals surface area contributed by atoms with Crippen molar-refractivity contribution < 1.29 is 4.79 Å². The number of carbonyl (C=O) groups excluding carboxylic acids is 1. The molecule has 0 aliphatic rings. The molecule has 0 radical (unpaired) electrons. The highest BCUT2D eigenvalue weighted by atomic mass is 32.1. The predicted octanol–water partition coefficient (Wildman–Crippen LogP) is 1.96. The number of rotatable bonds is 3. The lowest BCUT2D eigenvalue weighted by molar-refractivity contribution is 0.0951. The lowest BCUT2D eigenvalue weighted by Gasteiger charge is -2.05. The Balaban J connectivity index is 2.04. The Hall–Kier alpha value is -1.88. The number of anilines is 1. The third-order valence-corrected chi connectivity index (χ3v) is 3.03. The summed E-state index contributed by atoms with van der Waals surface area (Å²) in [5, 5.41) is 5.58. The molecule has 3 N–H and O–H groups in total. The number of hydrogen-bond donors (Lipinski definition) is 2. The summed E-state index contributed by atoms with van der Waals surface area (Å²) in [6.45, 7) is 2.36. The van der Waals surface area contributed by atoms with E-state index in [9.17, 15) is 4.79 Å². The van der Waals surface area contributed by atoms with Gasteiger partial charge in [-0.2, -0.15) is 0 Å². The number of amides is 1. The maximum Gasteiger partial charge on any atom is 0.251 e. The summed E-state index contributed by atoms with van der Waals surface area (Å²) in [7, 11) is 0. The van der Waals surface area contributed by atoms with Crippen LogP contribution in [0, 0.1) is 6.92 Å². The van der Waals surface area contributed by atoms with Crippen LogP contribution in [0.4, 0.5) is 5.69 Å². The Morgan fingerprint density at radius 1 is 1.47 bits per heavy atom. The molecule has 1 heterocycles. The second-order valence-corrected chi connectivity index (χ2v) is 4.72. The van der Waals surface area contributed by atoms with Crippen LogP contribution < -0.4 is 11.1 Å². The number of nitrogens with two attached hydrogens (primary N) is 1. The van der Waals surface area contributed by atoms with Crippen molar-refractivity contribution in [3.8, 4) is 0 Å². The van der Waals surface area contributed by atoms with Crippen LogP contribution in [0.15, 0.2) is 29.8 Å². The molecule has 0 atom stereocenters. The number of nitrogen functional groups attached to an aromatic ring is 1. The van der Waals surface area contributed by atoms with Gasteiger partial charge in [-0.3, -0.25) is 4.79 Å². The lowest BCUT2D eigenvalue weighted by Crippen LogP contribution is -2.22. The average molecular weight is 247 g/mol. The number of aromatic nitrogens is 1. The molecule has 88 valence electrons. The first-order valence-corrected chi connectivity index (χ1v) is 6.07. The number of thiazole rings is 1. The molecule has 1 amide bonds. The van der Waals surface area contributed by atoms with Gasteiger partial charge in [0, 0.05) is 22.8 Å². The van der Waals surface area contributed by atoms with E-state index in [4.69, 9.17) is 5.73 Å². The first kappa shape index (κ1) is 11.6. The molecule has 0 fully saturated rings. The Labute approximate surface area is 103 Å². The van der Waals surface area contributed by atoms with E-state index in [-0.39, 0.29) is 5.91 Å². The topological polar surface area (TPSA) is 68.0 Å². The first-order valence-electron chi connectivity index (χ1n) is 5.19. The lowest BCUT2D eigenvalue weighted by atomic mass is 10.1. The van der Waals surface area contributed by atoms with Crippen LogP contribution in [-0.2, 0) is 6.54 Å². The van der Waals surface area contributed by atoms with E-state index in [0.717, 1.165) is 10.6 Å². The molecule has 1 aromatic heterocycles. The largest absolute Gasteiger partial charge is 0.399 e. The second kappa shape index (κ2) is 4.97. The van der Waals surface area contributed by atoms with Crippen molar-refractivity contribution in [3.63, 3.8) is 0 Å². The molecule has 1 aromatic carbocycles. The average Bonchev–Trinajstić information content (AvgIpc) is 2.77. The van der Waals surface area contributed by atoms with Crippen LogP contribution in [0.2, 0.25) is 0 Å². The summed E-state index contributed by atoms with van der Waals surface area (Å²) in [5.41, 5.74) is 7.86. The molecule has 2 aromatic rings. The predicted molar refractivity (Wildman–Crippen MR) is 68.9 cm³/mol. The van der Waals surface area contributed by atoms with Gasteiger partial charge in [0.15, 0.2) is 0 Å². The quantitative estimate of drug-likeness (QED) is 0.815. The minimum atomic E-state index is -0.129. The second-order valence-electron chi connectivity index (χ2n) is 3.74. The molecule has 0 spiro atoms. The number of nitrogens with one attached hydrogen (secondary N) is 1. The van der Waals surface area contributed by atoms with Gasteiger partial charge in [-0.1, -0.05) is 0 Å². The smallest absolute Gasteiger partial charge is 0.251 e. The van der Waals surface area contributed by atoms with Crippen molar-refractivity contribution in [2.45, 2.75) is 13.5 Å². The van der Waals surface area contributed by atoms with Crippen LogP contribution in [0.25, 0.3) is 0 Å². The molecule has 0 bridgehead atoms. The van der Waals surface area contributed by atoms with Gasteiger partial charge in [0.1, 0.15) is 5.01 Å². The van der Waals surface area contributed by atoms with Crippen LogP contribution in [-0.4, -0.2) is 10.9 Å². The maximum atomic E-state index is 11.9. The third-order valence-electron chi connectivity index (χ3n) is 2.25. The molecule has 4 nitrogen and oxygen atoms in total. The van der Waals surface area contributed by atoms with Gasteiger partial charge < -0.3 is 11.1 Å². The highest BCUT2D eigenvalue weighted by Crippen LogP contribution is 2.11. The molecule has 0 aliphatic heterocycles. The van der Waals surface area contributed by atoms with Gasteiger partial charge in [-0.05, 0) is 30.7 Å². The summed E-state index contributed by atoms with van der Waals surface area (Å²) >= 11 is 1.52. The van der Waals surface area contributed by atoms with Crippen LogP contribution in [0.5, 0.6) is 0 Å². The van der Waals surface area contributed by atoms with Crippen LogP contribution in [0.1, 0.15) is 20.9 Å². The highest BCUT2D eigenvalue weighted by Gasteiger charge is 2.07. The van der Waals surface area contributed by atoms with Gasteiger partial charge in [0.05, 0.1) is 6.54 Å². The number of hydrogen-bond acceptors (Lipinski definition) is 4. The minimum absolute atomic E-state index is 0.129. The number of benzene rings is 1. The molecule has 5 heteroatoms. The van der Waals surface area contributed by atoms with E-state index in [1.54, 1.807) is 12.3 Å².